The Kier molecular flexibility index (Phi) is 2.52. The molecule has 0 aromatic heterocycles. The van der Waals surface area contributed by atoms with Gasteiger partial charge in [-0.15, -0.1) is 3.63 Å². The fraction of sp³-hybridized carbons (Fsp3) is 1.00. The topological polar surface area (TPSA) is 96.0 Å². The lowest BCUT2D eigenvalue weighted by atomic mass is 10.6. The van der Waals surface area contributed by atoms with E-state index in [0.717, 1.165) is 0 Å². The average Bonchev–Trinajstić information content (AvgIpc) is 1.77. The molecule has 1 fully saturated rings. The van der Waals surface area contributed by atoms with Crippen molar-refractivity contribution >= 4 is 20.8 Å². The Morgan fingerprint density at radius 3 is 1.27 bits per heavy atom. The Hall–Kier alpha value is -0.500. The second-order valence-electron chi connectivity index (χ2n) is 2.08. The van der Waals surface area contributed by atoms with Crippen molar-refractivity contribution in [3.63, 3.8) is 0 Å². The predicted octanol–water partition coefficient (Wildman–Crippen LogP) is -0.275. The van der Waals surface area contributed by atoms with Crippen molar-refractivity contribution in [2.45, 2.75) is 12.2 Å². The van der Waals surface area contributed by atoms with Crippen LogP contribution in [0.1, 0.15) is 0 Å². The zero-order valence-corrected chi connectivity index (χ0v) is 7.82. The average molecular weight is 276 g/mol. The Bertz CT molecular complexity index is 417. The standard InChI is InChI=1S/C2F4O7S2/c3-1(4)2(5,6)12-15(9,10)13-14(7,8)11-1. The fourth-order valence-electron chi connectivity index (χ4n) is 0.483. The van der Waals surface area contributed by atoms with Crippen molar-refractivity contribution in [3.8, 4) is 0 Å². The SMILES string of the molecule is O=S1(=O)OC(F)(F)C(F)(F)OS(=O)(=O)O1. The summed E-state index contributed by atoms with van der Waals surface area (Å²) >= 11 is 0. The monoisotopic (exact) mass is 276 g/mol. The Labute approximate surface area is 80.2 Å². The lowest BCUT2D eigenvalue weighted by Gasteiger charge is -2.18. The highest BCUT2D eigenvalue weighted by atomic mass is 32.3. The van der Waals surface area contributed by atoms with Crippen molar-refractivity contribution in [1.82, 2.24) is 0 Å². The summed E-state index contributed by atoms with van der Waals surface area (Å²) in [6.45, 7) is 0. The van der Waals surface area contributed by atoms with E-state index in [9.17, 15) is 34.4 Å². The summed E-state index contributed by atoms with van der Waals surface area (Å²) in [6.07, 6.45) is -11.4. The van der Waals surface area contributed by atoms with Gasteiger partial charge in [0.25, 0.3) is 0 Å². The van der Waals surface area contributed by atoms with Gasteiger partial charge in [0.15, 0.2) is 0 Å². The highest BCUT2D eigenvalue weighted by molar-refractivity contribution is 7.95. The van der Waals surface area contributed by atoms with E-state index in [2.05, 4.69) is 12.0 Å². The van der Waals surface area contributed by atoms with Crippen molar-refractivity contribution in [1.29, 1.82) is 0 Å². The number of hydrogen-bond donors (Lipinski definition) is 0. The smallest absolute Gasteiger partial charge is 0.170 e. The molecule has 1 saturated heterocycles. The van der Waals surface area contributed by atoms with Gasteiger partial charge < -0.3 is 0 Å². The van der Waals surface area contributed by atoms with Crippen LogP contribution < -0.4 is 0 Å². The number of rotatable bonds is 0. The largest absolute Gasteiger partial charge is 0.465 e. The van der Waals surface area contributed by atoms with Gasteiger partial charge >= 0.3 is 33.0 Å². The van der Waals surface area contributed by atoms with Crippen molar-refractivity contribution in [2.75, 3.05) is 0 Å². The van der Waals surface area contributed by atoms with Crippen LogP contribution in [0.5, 0.6) is 0 Å². The van der Waals surface area contributed by atoms with Gasteiger partial charge in [0, 0.05) is 0 Å². The van der Waals surface area contributed by atoms with E-state index in [1.807, 2.05) is 0 Å². The van der Waals surface area contributed by atoms with Crippen LogP contribution in [0, 0.1) is 0 Å². The zero-order chi connectivity index (χ0) is 12.1. The molecule has 0 aromatic carbocycles. The van der Waals surface area contributed by atoms with E-state index in [1.165, 1.54) is 0 Å². The van der Waals surface area contributed by atoms with Crippen molar-refractivity contribution in [3.05, 3.63) is 0 Å². The summed E-state index contributed by atoms with van der Waals surface area (Å²) in [4.78, 5) is 0. The summed E-state index contributed by atoms with van der Waals surface area (Å²) in [5, 5.41) is 0. The molecule has 0 atom stereocenters. The molecule has 0 unspecified atom stereocenters. The summed E-state index contributed by atoms with van der Waals surface area (Å²) in [7, 11) is -11.7. The van der Waals surface area contributed by atoms with E-state index in [0.29, 0.717) is 0 Å². The minimum atomic E-state index is -5.85. The summed E-state index contributed by atoms with van der Waals surface area (Å²) in [6, 6.07) is 0. The molecule has 1 heterocycles. The molecule has 0 aliphatic carbocycles. The summed E-state index contributed by atoms with van der Waals surface area (Å²) < 4.78 is 97.9. The van der Waals surface area contributed by atoms with Crippen LogP contribution in [0.4, 0.5) is 17.6 Å². The molecule has 13 heteroatoms. The minimum Gasteiger partial charge on any atom is -0.170 e. The van der Waals surface area contributed by atoms with Gasteiger partial charge in [-0.2, -0.15) is 42.8 Å². The number of hydrogen-bond acceptors (Lipinski definition) is 7. The first kappa shape index (κ1) is 12.6. The van der Waals surface area contributed by atoms with E-state index in [-0.39, 0.29) is 0 Å². The van der Waals surface area contributed by atoms with Crippen LogP contribution in [0.3, 0.4) is 0 Å². The van der Waals surface area contributed by atoms with Crippen LogP contribution in [0.15, 0.2) is 0 Å². The maximum atomic E-state index is 12.3. The van der Waals surface area contributed by atoms with Crippen molar-refractivity contribution < 1.29 is 46.4 Å². The van der Waals surface area contributed by atoms with Crippen LogP contribution >= 0.6 is 0 Å². The molecule has 1 aliphatic rings. The minimum absolute atomic E-state index is 2.50. The first-order valence-corrected chi connectivity index (χ1v) is 5.41. The molecule has 1 aliphatic heterocycles. The molecule has 0 aromatic rings. The Balaban J connectivity index is 3.35. The molecular formula is C2F4O7S2. The fourth-order valence-corrected chi connectivity index (χ4v) is 2.23. The first-order valence-electron chi connectivity index (χ1n) is 2.75. The molecule has 7 nitrogen and oxygen atoms in total. The zero-order valence-electron chi connectivity index (χ0n) is 6.19. The van der Waals surface area contributed by atoms with Gasteiger partial charge in [-0.1, -0.05) is 0 Å². The predicted molar refractivity (Wildman–Crippen MR) is 31.0 cm³/mol. The quantitative estimate of drug-likeness (QED) is 0.561. The molecule has 15 heavy (non-hydrogen) atoms. The second kappa shape index (κ2) is 3.00. The maximum absolute atomic E-state index is 12.3. The molecule has 0 spiro atoms. The summed E-state index contributed by atoms with van der Waals surface area (Å²) in [5.41, 5.74) is 0. The number of alkyl halides is 4. The normalized spacial score (nSPS) is 31.7. The molecule has 0 radical (unpaired) electrons. The Morgan fingerprint density at radius 2 is 1.00 bits per heavy atom. The van der Waals surface area contributed by atoms with Crippen LogP contribution in [0.25, 0.3) is 0 Å². The third-order valence-corrected chi connectivity index (χ3v) is 3.08. The van der Waals surface area contributed by atoms with Gasteiger partial charge in [-0.3, -0.25) is 0 Å². The first-order chi connectivity index (χ1) is 6.37. The molecule has 0 N–H and O–H groups in total. The second-order valence-corrected chi connectivity index (χ2v) is 4.60. The van der Waals surface area contributed by atoms with Gasteiger partial charge in [0.05, 0.1) is 0 Å². The molecule has 90 valence electrons. The highest BCUT2D eigenvalue weighted by Gasteiger charge is 2.68. The molecular weight excluding hydrogens is 276 g/mol. The maximum Gasteiger partial charge on any atom is 0.465 e. The third-order valence-electron chi connectivity index (χ3n) is 0.919. The number of halogens is 4. The molecule has 0 bridgehead atoms. The molecule has 0 amide bonds. The van der Waals surface area contributed by atoms with Crippen molar-refractivity contribution in [2.24, 2.45) is 0 Å². The van der Waals surface area contributed by atoms with E-state index < -0.39 is 33.0 Å². The van der Waals surface area contributed by atoms with Gasteiger partial charge in [-0.05, 0) is 0 Å². The van der Waals surface area contributed by atoms with Crippen LogP contribution in [-0.2, 0) is 32.8 Å². The van der Waals surface area contributed by atoms with Gasteiger partial charge in [0.1, 0.15) is 0 Å². The molecule has 1 rings (SSSR count). The summed E-state index contributed by atoms with van der Waals surface area (Å²) in [5.74, 6) is 0. The Morgan fingerprint density at radius 1 is 0.733 bits per heavy atom. The van der Waals surface area contributed by atoms with E-state index in [1.54, 1.807) is 0 Å². The van der Waals surface area contributed by atoms with E-state index >= 15 is 0 Å². The van der Waals surface area contributed by atoms with Gasteiger partial charge in [-0.25, -0.2) is 0 Å². The molecule has 0 saturated carbocycles. The van der Waals surface area contributed by atoms with Crippen LogP contribution in [-0.4, -0.2) is 29.1 Å². The van der Waals surface area contributed by atoms with E-state index in [4.69, 9.17) is 0 Å². The lowest BCUT2D eigenvalue weighted by Crippen LogP contribution is -2.44. The third kappa shape index (κ3) is 2.54. The highest BCUT2D eigenvalue weighted by Crippen LogP contribution is 2.41. The van der Waals surface area contributed by atoms with Gasteiger partial charge in [0.2, 0.25) is 0 Å². The lowest BCUT2D eigenvalue weighted by molar-refractivity contribution is -0.375. The van der Waals surface area contributed by atoms with Crippen LogP contribution in [0.2, 0.25) is 0 Å².